The molecule has 0 atom stereocenters. The first-order chi connectivity index (χ1) is 15.8. The van der Waals surface area contributed by atoms with Gasteiger partial charge in [0.1, 0.15) is 5.75 Å². The maximum Gasteiger partial charge on any atom is 0.243 e. The van der Waals surface area contributed by atoms with Gasteiger partial charge in [0.2, 0.25) is 15.9 Å². The Morgan fingerprint density at radius 3 is 2.39 bits per heavy atom. The predicted molar refractivity (Wildman–Crippen MR) is 131 cm³/mol. The van der Waals surface area contributed by atoms with E-state index in [4.69, 9.17) is 16.3 Å². The lowest BCUT2D eigenvalue weighted by atomic mass is 10.1. The molecule has 0 saturated heterocycles. The van der Waals surface area contributed by atoms with E-state index in [9.17, 15) is 13.2 Å². The third-order valence-corrected chi connectivity index (χ3v) is 7.38. The number of nitrogens with zero attached hydrogens (tertiary/aromatic N) is 1. The molecule has 0 bridgehead atoms. The van der Waals surface area contributed by atoms with Crippen LogP contribution in [0.1, 0.15) is 18.1 Å². The summed E-state index contributed by atoms with van der Waals surface area (Å²) in [6.07, 6.45) is 1.21. The molecule has 6 nitrogen and oxygen atoms in total. The van der Waals surface area contributed by atoms with Gasteiger partial charge < -0.3 is 10.1 Å². The summed E-state index contributed by atoms with van der Waals surface area (Å²) in [4.78, 5) is 12.9. The lowest BCUT2D eigenvalue weighted by Gasteiger charge is -2.22. The van der Waals surface area contributed by atoms with Gasteiger partial charge in [-0.3, -0.25) is 4.79 Å². The molecule has 0 fully saturated rings. The first-order valence-electron chi connectivity index (χ1n) is 10.6. The Kier molecular flexibility index (Phi) is 8.49. The minimum Gasteiger partial charge on any atom is -0.495 e. The van der Waals surface area contributed by atoms with Gasteiger partial charge in [-0.05, 0) is 48.2 Å². The molecule has 8 heteroatoms. The topological polar surface area (TPSA) is 75.7 Å². The van der Waals surface area contributed by atoms with Crippen LogP contribution in [-0.2, 0) is 27.7 Å². The number of carbonyl (C=O) groups excluding carboxylic acids is 1. The SMILES string of the molecule is CCc1ccccc1NC(=O)CN(CCc1ccccc1)S(=O)(=O)c1ccc(OC)c(Cl)c1. The number of halogens is 1. The lowest BCUT2D eigenvalue weighted by molar-refractivity contribution is -0.116. The number of benzene rings is 3. The molecule has 0 unspecified atom stereocenters. The normalized spacial score (nSPS) is 11.4. The van der Waals surface area contributed by atoms with Crippen LogP contribution in [0.5, 0.6) is 5.75 Å². The molecule has 3 rings (SSSR count). The van der Waals surface area contributed by atoms with Gasteiger partial charge in [0.25, 0.3) is 0 Å². The number of para-hydroxylation sites is 1. The van der Waals surface area contributed by atoms with E-state index in [1.807, 2.05) is 61.5 Å². The largest absolute Gasteiger partial charge is 0.495 e. The van der Waals surface area contributed by atoms with Crippen LogP contribution in [0.25, 0.3) is 0 Å². The van der Waals surface area contributed by atoms with Crippen molar-refractivity contribution in [2.24, 2.45) is 0 Å². The van der Waals surface area contributed by atoms with Crippen molar-refractivity contribution in [1.29, 1.82) is 0 Å². The van der Waals surface area contributed by atoms with E-state index in [0.29, 0.717) is 17.9 Å². The van der Waals surface area contributed by atoms with E-state index < -0.39 is 15.9 Å². The van der Waals surface area contributed by atoms with Crippen LogP contribution >= 0.6 is 11.6 Å². The molecule has 0 radical (unpaired) electrons. The smallest absolute Gasteiger partial charge is 0.243 e. The number of hydrogen-bond acceptors (Lipinski definition) is 4. The van der Waals surface area contributed by atoms with Gasteiger partial charge in [-0.15, -0.1) is 0 Å². The average Bonchev–Trinajstić information content (AvgIpc) is 2.82. The molecule has 174 valence electrons. The van der Waals surface area contributed by atoms with Crippen LogP contribution in [0.2, 0.25) is 5.02 Å². The second kappa shape index (κ2) is 11.3. The zero-order chi connectivity index (χ0) is 23.8. The quantitative estimate of drug-likeness (QED) is 0.447. The van der Waals surface area contributed by atoms with Gasteiger partial charge in [0, 0.05) is 12.2 Å². The zero-order valence-corrected chi connectivity index (χ0v) is 20.2. The molecule has 0 aliphatic rings. The van der Waals surface area contributed by atoms with Gasteiger partial charge in [-0.1, -0.05) is 67.1 Å². The van der Waals surface area contributed by atoms with Gasteiger partial charge in [0.15, 0.2) is 0 Å². The summed E-state index contributed by atoms with van der Waals surface area (Å²) in [6.45, 7) is 1.81. The fourth-order valence-corrected chi connectivity index (χ4v) is 5.19. The lowest BCUT2D eigenvalue weighted by Crippen LogP contribution is -2.39. The van der Waals surface area contributed by atoms with Crippen molar-refractivity contribution in [3.63, 3.8) is 0 Å². The van der Waals surface area contributed by atoms with Crippen molar-refractivity contribution in [2.45, 2.75) is 24.7 Å². The predicted octanol–water partition coefficient (Wildman–Crippen LogP) is 4.78. The molecular weight excluding hydrogens is 460 g/mol. The van der Waals surface area contributed by atoms with Crippen LogP contribution < -0.4 is 10.1 Å². The number of aryl methyl sites for hydroxylation is 1. The maximum atomic E-state index is 13.5. The van der Waals surface area contributed by atoms with Crippen LogP contribution in [0, 0.1) is 0 Å². The highest BCUT2D eigenvalue weighted by Crippen LogP contribution is 2.28. The van der Waals surface area contributed by atoms with Crippen LogP contribution in [0.3, 0.4) is 0 Å². The summed E-state index contributed by atoms with van der Waals surface area (Å²) >= 11 is 6.17. The maximum absolute atomic E-state index is 13.5. The summed E-state index contributed by atoms with van der Waals surface area (Å²) in [5, 5.41) is 3.04. The number of sulfonamides is 1. The first-order valence-corrected chi connectivity index (χ1v) is 12.4. The summed E-state index contributed by atoms with van der Waals surface area (Å²) in [6, 6.07) is 21.3. The molecule has 1 N–H and O–H groups in total. The van der Waals surface area contributed by atoms with Gasteiger partial charge in [-0.25, -0.2) is 8.42 Å². The van der Waals surface area contributed by atoms with Crippen molar-refractivity contribution in [1.82, 2.24) is 4.31 Å². The van der Waals surface area contributed by atoms with Gasteiger partial charge >= 0.3 is 0 Å². The molecule has 33 heavy (non-hydrogen) atoms. The summed E-state index contributed by atoms with van der Waals surface area (Å²) < 4.78 is 33.2. The Bertz CT molecular complexity index is 1200. The van der Waals surface area contributed by atoms with E-state index in [1.165, 1.54) is 29.6 Å². The fourth-order valence-electron chi connectivity index (χ4n) is 3.44. The van der Waals surface area contributed by atoms with Crippen LogP contribution in [0.4, 0.5) is 5.69 Å². The second-order valence-corrected chi connectivity index (χ2v) is 9.77. The number of amides is 1. The summed E-state index contributed by atoms with van der Waals surface area (Å²) in [5.41, 5.74) is 2.63. The van der Waals surface area contributed by atoms with Crippen LogP contribution in [0.15, 0.2) is 77.7 Å². The third-order valence-electron chi connectivity index (χ3n) is 5.25. The monoisotopic (exact) mass is 486 g/mol. The van der Waals surface area contributed by atoms with Gasteiger partial charge in [-0.2, -0.15) is 4.31 Å². The van der Waals surface area contributed by atoms with Crippen molar-refractivity contribution < 1.29 is 17.9 Å². The summed E-state index contributed by atoms with van der Waals surface area (Å²) in [7, 11) is -2.53. The van der Waals surface area contributed by atoms with Crippen molar-refractivity contribution in [2.75, 3.05) is 25.5 Å². The highest BCUT2D eigenvalue weighted by molar-refractivity contribution is 7.89. The van der Waals surface area contributed by atoms with Gasteiger partial charge in [0.05, 0.1) is 23.6 Å². The third kappa shape index (κ3) is 6.35. The van der Waals surface area contributed by atoms with E-state index in [1.54, 1.807) is 0 Å². The molecule has 0 spiro atoms. The minimum absolute atomic E-state index is 0.00289. The molecule has 0 heterocycles. The Morgan fingerprint density at radius 2 is 1.73 bits per heavy atom. The molecule has 3 aromatic rings. The standard InChI is InChI=1S/C25H27ClN2O4S/c1-3-20-11-7-8-12-23(20)27-25(29)18-28(16-15-19-9-5-4-6-10-19)33(30,31)21-13-14-24(32-2)22(26)17-21/h4-14,17H,3,15-16,18H2,1-2H3,(H,27,29). The number of hydrogen-bond donors (Lipinski definition) is 1. The second-order valence-electron chi connectivity index (χ2n) is 7.43. The molecule has 0 aliphatic carbocycles. The Hall–Kier alpha value is -2.87. The molecule has 0 aliphatic heterocycles. The highest BCUT2D eigenvalue weighted by atomic mass is 35.5. The Balaban J connectivity index is 1.86. The van der Waals surface area contributed by atoms with Crippen LogP contribution in [-0.4, -0.2) is 38.8 Å². The number of ether oxygens (including phenoxy) is 1. The molecule has 0 aromatic heterocycles. The number of methoxy groups -OCH3 is 1. The Labute approximate surface area is 200 Å². The summed E-state index contributed by atoms with van der Waals surface area (Å²) in [5.74, 6) is -0.0347. The van der Waals surface area contributed by atoms with Crippen molar-refractivity contribution >= 4 is 33.2 Å². The highest BCUT2D eigenvalue weighted by Gasteiger charge is 2.27. The van der Waals surface area contributed by atoms with E-state index in [0.717, 1.165) is 17.5 Å². The fraction of sp³-hybridized carbons (Fsp3) is 0.240. The number of rotatable bonds is 10. The van der Waals surface area contributed by atoms with Crippen molar-refractivity contribution in [3.05, 3.63) is 88.9 Å². The molecule has 0 saturated carbocycles. The molecule has 3 aromatic carbocycles. The van der Waals surface area contributed by atoms with E-state index >= 15 is 0 Å². The molecule has 1 amide bonds. The number of anilines is 1. The first kappa shape index (κ1) is 24.8. The van der Waals surface area contributed by atoms with E-state index in [2.05, 4.69) is 5.32 Å². The number of carbonyl (C=O) groups is 1. The van der Waals surface area contributed by atoms with Crippen molar-refractivity contribution in [3.8, 4) is 5.75 Å². The average molecular weight is 487 g/mol. The van der Waals surface area contributed by atoms with E-state index in [-0.39, 0.29) is 23.0 Å². The minimum atomic E-state index is -3.99. The zero-order valence-electron chi connectivity index (χ0n) is 18.6. The number of nitrogens with one attached hydrogen (secondary N) is 1. The molecular formula is C25H27ClN2O4S. The Morgan fingerprint density at radius 1 is 1.03 bits per heavy atom.